The number of carboxylic acids is 1. The van der Waals surface area contributed by atoms with Crippen LogP contribution in [0.25, 0.3) is 0 Å². The maximum Gasteiger partial charge on any atom is 0.319 e. The van der Waals surface area contributed by atoms with Gasteiger partial charge < -0.3 is 19.6 Å². The summed E-state index contributed by atoms with van der Waals surface area (Å²) < 4.78 is 5.41. The van der Waals surface area contributed by atoms with Gasteiger partial charge in [0.25, 0.3) is 0 Å². The molecule has 98 valence electrons. The molecule has 6 heteroatoms. The molecule has 0 spiro atoms. The molecule has 0 saturated carbocycles. The lowest BCUT2D eigenvalue weighted by molar-refractivity contribution is -0.137. The summed E-state index contributed by atoms with van der Waals surface area (Å²) in [6.45, 7) is 2.83. The molecule has 17 heavy (non-hydrogen) atoms. The van der Waals surface area contributed by atoms with E-state index in [9.17, 15) is 9.59 Å². The van der Waals surface area contributed by atoms with Gasteiger partial charge in [-0.1, -0.05) is 0 Å². The Morgan fingerprint density at radius 2 is 2.06 bits per heavy atom. The number of urea groups is 1. The highest BCUT2D eigenvalue weighted by atomic mass is 16.5. The largest absolute Gasteiger partial charge is 0.481 e. The molecule has 1 N–H and O–H groups in total. The standard InChI is InChI=1S/C11H20N2O4/c1-8-9(5-7-17-8)13(3)11(16)12(2)6-4-10(14)15/h8-9H,4-7H2,1-3H3,(H,14,15). The first kappa shape index (κ1) is 13.8. The van der Waals surface area contributed by atoms with E-state index in [4.69, 9.17) is 9.84 Å². The van der Waals surface area contributed by atoms with Gasteiger partial charge in [0.05, 0.1) is 18.6 Å². The van der Waals surface area contributed by atoms with Crippen molar-refractivity contribution in [2.24, 2.45) is 0 Å². The molecule has 0 aromatic carbocycles. The predicted molar refractivity (Wildman–Crippen MR) is 61.9 cm³/mol. The van der Waals surface area contributed by atoms with Crippen LogP contribution in [0.1, 0.15) is 19.8 Å². The van der Waals surface area contributed by atoms with Gasteiger partial charge in [-0.2, -0.15) is 0 Å². The molecule has 6 nitrogen and oxygen atoms in total. The molecule has 1 heterocycles. The molecular formula is C11H20N2O4. The molecule has 2 unspecified atom stereocenters. The van der Waals surface area contributed by atoms with Crippen LogP contribution in [0.3, 0.4) is 0 Å². The molecular weight excluding hydrogens is 224 g/mol. The van der Waals surface area contributed by atoms with E-state index in [2.05, 4.69) is 0 Å². The summed E-state index contributed by atoms with van der Waals surface area (Å²) in [7, 11) is 3.34. The highest BCUT2D eigenvalue weighted by Crippen LogP contribution is 2.19. The lowest BCUT2D eigenvalue weighted by atomic mass is 10.1. The van der Waals surface area contributed by atoms with Gasteiger partial charge in [0, 0.05) is 27.2 Å². The van der Waals surface area contributed by atoms with Gasteiger partial charge in [-0.05, 0) is 13.3 Å². The molecule has 1 rings (SSSR count). The highest BCUT2D eigenvalue weighted by Gasteiger charge is 2.31. The molecule has 0 aromatic heterocycles. The van der Waals surface area contributed by atoms with E-state index in [0.717, 1.165) is 6.42 Å². The molecule has 1 saturated heterocycles. The van der Waals surface area contributed by atoms with Crippen molar-refractivity contribution in [3.63, 3.8) is 0 Å². The van der Waals surface area contributed by atoms with E-state index in [1.165, 1.54) is 4.90 Å². The van der Waals surface area contributed by atoms with Gasteiger partial charge in [0.1, 0.15) is 0 Å². The van der Waals surface area contributed by atoms with Crippen LogP contribution in [0, 0.1) is 0 Å². The Labute approximate surface area is 101 Å². The molecule has 2 amide bonds. The van der Waals surface area contributed by atoms with Gasteiger partial charge >= 0.3 is 12.0 Å². The number of amides is 2. The van der Waals surface area contributed by atoms with Gasteiger partial charge in [-0.15, -0.1) is 0 Å². The number of aliphatic carboxylic acids is 1. The second-order valence-electron chi connectivity index (χ2n) is 4.39. The van der Waals surface area contributed by atoms with Gasteiger partial charge in [0.2, 0.25) is 0 Å². The quantitative estimate of drug-likeness (QED) is 0.787. The number of rotatable bonds is 4. The van der Waals surface area contributed by atoms with Crippen molar-refractivity contribution in [1.82, 2.24) is 9.80 Å². The molecule has 2 atom stereocenters. The van der Waals surface area contributed by atoms with E-state index in [1.807, 2.05) is 6.92 Å². The fourth-order valence-corrected chi connectivity index (χ4v) is 2.00. The van der Waals surface area contributed by atoms with Crippen LogP contribution in [0.15, 0.2) is 0 Å². The summed E-state index contributed by atoms with van der Waals surface area (Å²) in [6.07, 6.45) is 0.833. The van der Waals surface area contributed by atoms with Crippen LogP contribution >= 0.6 is 0 Å². The Hall–Kier alpha value is -1.30. The number of carboxylic acid groups (broad SMARTS) is 1. The normalized spacial score (nSPS) is 23.5. The second-order valence-corrected chi connectivity index (χ2v) is 4.39. The zero-order valence-electron chi connectivity index (χ0n) is 10.5. The van der Waals surface area contributed by atoms with E-state index in [-0.39, 0.29) is 31.1 Å². The van der Waals surface area contributed by atoms with E-state index in [1.54, 1.807) is 19.0 Å². The van der Waals surface area contributed by atoms with Crippen molar-refractivity contribution in [1.29, 1.82) is 0 Å². The number of nitrogens with zero attached hydrogens (tertiary/aromatic N) is 2. The van der Waals surface area contributed by atoms with Gasteiger partial charge in [-0.25, -0.2) is 4.79 Å². The van der Waals surface area contributed by atoms with Crippen molar-refractivity contribution < 1.29 is 19.4 Å². The third-order valence-corrected chi connectivity index (χ3v) is 3.12. The van der Waals surface area contributed by atoms with Crippen molar-refractivity contribution in [2.45, 2.75) is 31.9 Å². The van der Waals surface area contributed by atoms with E-state index >= 15 is 0 Å². The maximum absolute atomic E-state index is 12.0. The Kier molecular flexibility index (Phi) is 4.74. The zero-order chi connectivity index (χ0) is 13.0. The molecule has 0 aliphatic carbocycles. The molecule has 0 bridgehead atoms. The molecule has 1 aliphatic rings. The Balaban J connectivity index is 2.47. The minimum Gasteiger partial charge on any atom is -0.481 e. The molecule has 1 aliphatic heterocycles. The minimum absolute atomic E-state index is 0.0349. The first-order chi connectivity index (χ1) is 7.93. The number of carbonyl (C=O) groups is 2. The van der Waals surface area contributed by atoms with E-state index < -0.39 is 5.97 Å². The minimum atomic E-state index is -0.898. The summed E-state index contributed by atoms with van der Waals surface area (Å²) in [5, 5.41) is 8.56. The van der Waals surface area contributed by atoms with E-state index in [0.29, 0.717) is 6.61 Å². The lowest BCUT2D eigenvalue weighted by Gasteiger charge is -2.30. The fraction of sp³-hybridized carbons (Fsp3) is 0.818. The Morgan fingerprint density at radius 1 is 1.41 bits per heavy atom. The van der Waals surface area contributed by atoms with Crippen LogP contribution in [-0.2, 0) is 9.53 Å². The van der Waals surface area contributed by atoms with Crippen LogP contribution in [-0.4, -0.2) is 66.3 Å². The summed E-state index contributed by atoms with van der Waals surface area (Å²) in [5.74, 6) is -0.898. The third kappa shape index (κ3) is 3.59. The molecule has 1 fully saturated rings. The second kappa shape index (κ2) is 5.86. The van der Waals surface area contributed by atoms with Crippen molar-refractivity contribution in [2.75, 3.05) is 27.2 Å². The number of hydrogen-bond donors (Lipinski definition) is 1. The average molecular weight is 244 g/mol. The lowest BCUT2D eigenvalue weighted by Crippen LogP contribution is -2.47. The van der Waals surface area contributed by atoms with Gasteiger partial charge in [-0.3, -0.25) is 4.79 Å². The van der Waals surface area contributed by atoms with Crippen LogP contribution in [0.4, 0.5) is 4.79 Å². The Morgan fingerprint density at radius 3 is 2.53 bits per heavy atom. The summed E-state index contributed by atoms with van der Waals surface area (Å²) in [6, 6.07) is -0.0802. The number of carbonyl (C=O) groups excluding carboxylic acids is 1. The summed E-state index contributed by atoms with van der Waals surface area (Å²) >= 11 is 0. The number of hydrogen-bond acceptors (Lipinski definition) is 3. The number of ether oxygens (including phenoxy) is 1. The smallest absolute Gasteiger partial charge is 0.319 e. The highest BCUT2D eigenvalue weighted by molar-refractivity contribution is 5.75. The maximum atomic E-state index is 12.0. The SMILES string of the molecule is CC1OCCC1N(C)C(=O)N(C)CCC(=O)O. The number of likely N-dealkylation sites (N-methyl/N-ethyl adjacent to an activating group) is 1. The fourth-order valence-electron chi connectivity index (χ4n) is 2.00. The third-order valence-electron chi connectivity index (χ3n) is 3.12. The topological polar surface area (TPSA) is 70.1 Å². The Bertz CT molecular complexity index is 295. The summed E-state index contributed by atoms with van der Waals surface area (Å²) in [4.78, 5) is 25.5. The average Bonchev–Trinajstić information content (AvgIpc) is 2.70. The van der Waals surface area contributed by atoms with Crippen LogP contribution in [0.2, 0.25) is 0 Å². The summed E-state index contributed by atoms with van der Waals surface area (Å²) in [5.41, 5.74) is 0. The zero-order valence-corrected chi connectivity index (χ0v) is 10.5. The van der Waals surface area contributed by atoms with Crippen molar-refractivity contribution in [3.8, 4) is 0 Å². The van der Waals surface area contributed by atoms with Crippen LogP contribution in [0.5, 0.6) is 0 Å². The first-order valence-electron chi connectivity index (χ1n) is 5.74. The van der Waals surface area contributed by atoms with Crippen molar-refractivity contribution in [3.05, 3.63) is 0 Å². The molecule has 0 radical (unpaired) electrons. The van der Waals surface area contributed by atoms with Crippen LogP contribution < -0.4 is 0 Å². The monoisotopic (exact) mass is 244 g/mol. The molecule has 0 aromatic rings. The first-order valence-corrected chi connectivity index (χ1v) is 5.74. The van der Waals surface area contributed by atoms with Crippen molar-refractivity contribution >= 4 is 12.0 Å². The predicted octanol–water partition coefficient (Wildman–Crippen LogP) is 0.622. The van der Waals surface area contributed by atoms with Gasteiger partial charge in [0.15, 0.2) is 0 Å².